The molecule has 1 heterocycles. The van der Waals surface area contributed by atoms with Crippen molar-refractivity contribution in [1.29, 1.82) is 0 Å². The van der Waals surface area contributed by atoms with E-state index in [4.69, 9.17) is 15.6 Å². The quantitative estimate of drug-likeness (QED) is 0.440. The number of aliphatic imine (C=N–C) groups is 1. The first kappa shape index (κ1) is 20.7. The fourth-order valence-corrected chi connectivity index (χ4v) is 3.21. The molecule has 1 aromatic heterocycles. The molecule has 0 spiro atoms. The average molecular weight is 406 g/mol. The van der Waals surface area contributed by atoms with Crippen molar-refractivity contribution in [3.63, 3.8) is 0 Å². The molecular weight excluding hydrogens is 384 g/mol. The molecule has 0 atom stereocenters. The lowest BCUT2D eigenvalue weighted by Crippen LogP contribution is -2.16. The lowest BCUT2D eigenvalue weighted by molar-refractivity contribution is 0.102. The normalized spacial score (nSPS) is 11.2. The zero-order chi connectivity index (χ0) is 21.8. The Morgan fingerprint density at radius 1 is 1.07 bits per heavy atom. The second-order valence-corrected chi connectivity index (χ2v) is 6.63. The van der Waals surface area contributed by atoms with Gasteiger partial charge < -0.3 is 25.5 Å². The number of benzene rings is 2. The van der Waals surface area contributed by atoms with Crippen molar-refractivity contribution in [2.24, 2.45) is 10.7 Å². The third-order valence-electron chi connectivity index (χ3n) is 4.66. The lowest BCUT2D eigenvalue weighted by Gasteiger charge is -2.11. The van der Waals surface area contributed by atoms with Crippen molar-refractivity contribution in [1.82, 2.24) is 4.57 Å². The van der Waals surface area contributed by atoms with Gasteiger partial charge in [-0.3, -0.25) is 4.79 Å². The molecular formula is C22H22N4O4. The Bertz CT molecular complexity index is 1110. The number of nitrogens with zero attached hydrogens (tertiary/aromatic N) is 2. The predicted octanol–water partition coefficient (Wildman–Crippen LogP) is 3.74. The van der Waals surface area contributed by atoms with Crippen LogP contribution in [0.25, 0.3) is 5.69 Å². The average Bonchev–Trinajstić information content (AvgIpc) is 3.02. The van der Waals surface area contributed by atoms with Crippen LogP contribution in [0.1, 0.15) is 27.3 Å². The summed E-state index contributed by atoms with van der Waals surface area (Å²) in [7, 11) is 1.61. The van der Waals surface area contributed by atoms with E-state index in [1.54, 1.807) is 31.4 Å². The van der Waals surface area contributed by atoms with Crippen LogP contribution in [0.15, 0.2) is 59.6 Å². The zero-order valence-electron chi connectivity index (χ0n) is 16.8. The van der Waals surface area contributed by atoms with Gasteiger partial charge in [0, 0.05) is 28.3 Å². The number of amides is 2. The molecule has 0 aliphatic rings. The monoisotopic (exact) mass is 406 g/mol. The maximum Gasteiger partial charge on any atom is 0.433 e. The second-order valence-electron chi connectivity index (χ2n) is 6.63. The first-order valence-electron chi connectivity index (χ1n) is 9.12. The number of methoxy groups -OCH3 is 1. The molecule has 0 radical (unpaired) electrons. The number of carbonyl (C=O) groups is 2. The van der Waals surface area contributed by atoms with Crippen LogP contribution >= 0.6 is 0 Å². The van der Waals surface area contributed by atoms with Gasteiger partial charge in [-0.1, -0.05) is 0 Å². The molecule has 3 rings (SSSR count). The van der Waals surface area contributed by atoms with Crippen LogP contribution in [0.2, 0.25) is 0 Å². The highest BCUT2D eigenvalue weighted by Crippen LogP contribution is 2.23. The molecule has 0 fully saturated rings. The molecule has 4 N–H and O–H groups in total. The summed E-state index contributed by atoms with van der Waals surface area (Å²) < 4.78 is 7.20. The van der Waals surface area contributed by atoms with Crippen LogP contribution in [0.3, 0.4) is 0 Å². The number of carboxylic acid groups (broad SMARTS) is 1. The minimum Gasteiger partial charge on any atom is -0.497 e. The molecule has 0 aliphatic heterocycles. The summed E-state index contributed by atoms with van der Waals surface area (Å²) in [6.07, 6.45) is -1.36. The third-order valence-corrected chi connectivity index (χ3v) is 4.66. The van der Waals surface area contributed by atoms with Gasteiger partial charge in [0.1, 0.15) is 11.6 Å². The highest BCUT2D eigenvalue weighted by molar-refractivity contribution is 6.06. The van der Waals surface area contributed by atoms with E-state index in [0.29, 0.717) is 16.8 Å². The molecule has 0 aliphatic carbocycles. The smallest absolute Gasteiger partial charge is 0.433 e. The van der Waals surface area contributed by atoms with Gasteiger partial charge in [0.15, 0.2) is 0 Å². The molecule has 0 unspecified atom stereocenters. The van der Waals surface area contributed by atoms with Crippen LogP contribution < -0.4 is 15.8 Å². The number of rotatable bonds is 5. The van der Waals surface area contributed by atoms with E-state index in [1.807, 2.05) is 48.7 Å². The van der Waals surface area contributed by atoms with Crippen LogP contribution in [0, 0.1) is 13.8 Å². The van der Waals surface area contributed by atoms with E-state index in [0.717, 1.165) is 22.8 Å². The Hall–Kier alpha value is -4.07. The highest BCUT2D eigenvalue weighted by Gasteiger charge is 2.17. The number of carbonyl (C=O) groups excluding carboxylic acids is 1. The van der Waals surface area contributed by atoms with Crippen molar-refractivity contribution in [3.8, 4) is 11.4 Å². The molecule has 8 heteroatoms. The molecule has 2 amide bonds. The highest BCUT2D eigenvalue weighted by atomic mass is 16.5. The topological polar surface area (TPSA) is 119 Å². The van der Waals surface area contributed by atoms with Gasteiger partial charge in [-0.05, 0) is 68.4 Å². The Balaban J connectivity index is 1.81. The number of amidine groups is 1. The third kappa shape index (κ3) is 4.33. The fraction of sp³-hybridized carbons (Fsp3) is 0.136. The summed E-state index contributed by atoms with van der Waals surface area (Å²) in [5.74, 6) is 0.405. The molecule has 2 aromatic carbocycles. The Morgan fingerprint density at radius 2 is 1.70 bits per heavy atom. The van der Waals surface area contributed by atoms with E-state index in [2.05, 4.69) is 10.3 Å². The Kier molecular flexibility index (Phi) is 5.87. The standard InChI is InChI=1S/C22H22N4O4/c1-13-12-19(14(2)26(13)17-8-10-18(30-3)11-9-17)21(27)24-16-6-4-15(5-7-16)20(23)25-22(28)29/h4-12H,1-3H3,(H2,23,25)(H,24,27)(H,28,29). The Morgan fingerprint density at radius 3 is 2.27 bits per heavy atom. The number of aromatic nitrogens is 1. The number of hydrogen-bond acceptors (Lipinski definition) is 3. The number of nitrogens with two attached hydrogens (primary N) is 1. The van der Waals surface area contributed by atoms with E-state index in [-0.39, 0.29) is 11.7 Å². The summed E-state index contributed by atoms with van der Waals surface area (Å²) in [5.41, 5.74) is 9.86. The molecule has 0 bridgehead atoms. The van der Waals surface area contributed by atoms with Crippen LogP contribution in [-0.4, -0.2) is 34.6 Å². The summed E-state index contributed by atoms with van der Waals surface area (Å²) in [5, 5.41) is 11.5. The van der Waals surface area contributed by atoms with Gasteiger partial charge in [0.25, 0.3) is 5.91 Å². The van der Waals surface area contributed by atoms with Crippen molar-refractivity contribution >= 4 is 23.5 Å². The minimum atomic E-state index is -1.36. The SMILES string of the molecule is COc1ccc(-n2c(C)cc(C(=O)Nc3ccc(/C(N)=N\C(=O)O)cc3)c2C)cc1. The zero-order valence-corrected chi connectivity index (χ0v) is 16.8. The first-order chi connectivity index (χ1) is 14.3. The van der Waals surface area contributed by atoms with Gasteiger partial charge in [-0.2, -0.15) is 4.99 Å². The summed E-state index contributed by atoms with van der Waals surface area (Å²) in [6, 6.07) is 15.9. The van der Waals surface area contributed by atoms with Gasteiger partial charge in [0.2, 0.25) is 0 Å². The van der Waals surface area contributed by atoms with Crippen molar-refractivity contribution in [2.75, 3.05) is 12.4 Å². The molecule has 0 saturated carbocycles. The van der Waals surface area contributed by atoms with Gasteiger partial charge >= 0.3 is 6.09 Å². The second kappa shape index (κ2) is 8.52. The number of anilines is 1. The van der Waals surface area contributed by atoms with E-state index in [9.17, 15) is 9.59 Å². The van der Waals surface area contributed by atoms with Crippen molar-refractivity contribution in [3.05, 3.63) is 77.1 Å². The predicted molar refractivity (Wildman–Crippen MR) is 115 cm³/mol. The van der Waals surface area contributed by atoms with Gasteiger partial charge in [0.05, 0.1) is 12.7 Å². The van der Waals surface area contributed by atoms with E-state index < -0.39 is 6.09 Å². The lowest BCUT2D eigenvalue weighted by atomic mass is 10.1. The van der Waals surface area contributed by atoms with Crippen molar-refractivity contribution in [2.45, 2.75) is 13.8 Å². The maximum atomic E-state index is 12.8. The molecule has 3 aromatic rings. The Labute approximate surface area is 173 Å². The van der Waals surface area contributed by atoms with E-state index in [1.165, 1.54) is 0 Å². The minimum absolute atomic E-state index is 0.108. The summed E-state index contributed by atoms with van der Waals surface area (Å²) in [4.78, 5) is 26.7. The molecule has 0 saturated heterocycles. The maximum absolute atomic E-state index is 12.8. The number of aryl methyl sites for hydroxylation is 1. The van der Waals surface area contributed by atoms with Crippen molar-refractivity contribution < 1.29 is 19.4 Å². The number of ether oxygens (including phenoxy) is 1. The van der Waals surface area contributed by atoms with Gasteiger partial charge in [-0.15, -0.1) is 0 Å². The van der Waals surface area contributed by atoms with Crippen LogP contribution in [-0.2, 0) is 0 Å². The molecule has 30 heavy (non-hydrogen) atoms. The number of nitrogens with one attached hydrogen (secondary N) is 1. The van der Waals surface area contributed by atoms with E-state index >= 15 is 0 Å². The van der Waals surface area contributed by atoms with Crippen LogP contribution in [0.5, 0.6) is 5.75 Å². The first-order valence-corrected chi connectivity index (χ1v) is 9.12. The molecule has 8 nitrogen and oxygen atoms in total. The van der Waals surface area contributed by atoms with Gasteiger partial charge in [-0.25, -0.2) is 4.79 Å². The number of hydrogen-bond donors (Lipinski definition) is 3. The van der Waals surface area contributed by atoms with Crippen LogP contribution in [0.4, 0.5) is 10.5 Å². The largest absolute Gasteiger partial charge is 0.497 e. The fourth-order valence-electron chi connectivity index (χ4n) is 3.21. The summed E-state index contributed by atoms with van der Waals surface area (Å²) in [6.45, 7) is 3.83. The molecule has 154 valence electrons. The summed E-state index contributed by atoms with van der Waals surface area (Å²) >= 11 is 0.